The lowest BCUT2D eigenvalue weighted by molar-refractivity contribution is -0.144. The Kier molecular flexibility index (Phi) is 11.1. The van der Waals surface area contributed by atoms with Crippen molar-refractivity contribution in [3.05, 3.63) is 49.2 Å². The average molecular weight is 528 g/mol. The van der Waals surface area contributed by atoms with Crippen molar-refractivity contribution in [3.63, 3.8) is 0 Å². The normalized spacial score (nSPS) is 21.7. The first-order valence-electron chi connectivity index (χ1n) is 13.1. The van der Waals surface area contributed by atoms with Gasteiger partial charge in [0.15, 0.2) is 0 Å². The third-order valence-corrected chi connectivity index (χ3v) is 5.85. The number of benzene rings is 1. The molecule has 1 aromatic carbocycles. The second-order valence-electron chi connectivity index (χ2n) is 9.85. The molecule has 1 saturated carbocycles. The summed E-state index contributed by atoms with van der Waals surface area (Å²) >= 11 is 0. The molecule has 1 aliphatic heterocycles. The topological polar surface area (TPSA) is 121 Å². The van der Waals surface area contributed by atoms with Crippen LogP contribution in [-0.2, 0) is 19.1 Å². The molecule has 2 unspecified atom stereocenters. The summed E-state index contributed by atoms with van der Waals surface area (Å²) in [6.45, 7) is 15.5. The highest BCUT2D eigenvalue weighted by Crippen LogP contribution is 2.40. The lowest BCUT2D eigenvalue weighted by Crippen LogP contribution is -2.45. The highest BCUT2D eigenvalue weighted by atomic mass is 16.6. The van der Waals surface area contributed by atoms with Crippen molar-refractivity contribution in [2.24, 2.45) is 17.6 Å². The lowest BCUT2D eigenvalue weighted by atomic mass is 10.1. The molecule has 2 aromatic rings. The van der Waals surface area contributed by atoms with Crippen LogP contribution in [0.3, 0.4) is 0 Å². The number of primary amides is 1. The Morgan fingerprint density at radius 2 is 1.84 bits per heavy atom. The molecule has 0 spiro atoms. The summed E-state index contributed by atoms with van der Waals surface area (Å²) in [5, 5.41) is 0.876. The van der Waals surface area contributed by atoms with Gasteiger partial charge in [0.25, 0.3) is 0 Å². The van der Waals surface area contributed by atoms with E-state index >= 15 is 0 Å². The van der Waals surface area contributed by atoms with Crippen molar-refractivity contribution in [2.45, 2.75) is 72.1 Å². The van der Waals surface area contributed by atoms with Crippen molar-refractivity contribution >= 4 is 28.9 Å². The van der Waals surface area contributed by atoms with E-state index < -0.39 is 23.6 Å². The third kappa shape index (κ3) is 8.46. The minimum absolute atomic E-state index is 0.0626. The molecule has 208 valence electrons. The molecule has 1 aliphatic carbocycles. The summed E-state index contributed by atoms with van der Waals surface area (Å²) in [4.78, 5) is 40.8. The van der Waals surface area contributed by atoms with E-state index in [1.807, 2.05) is 51.1 Å². The monoisotopic (exact) mass is 527 g/mol. The number of hydrogen-bond acceptors (Lipinski definition) is 7. The second-order valence-corrected chi connectivity index (χ2v) is 9.85. The Bertz CT molecular complexity index is 1110. The first-order valence-corrected chi connectivity index (χ1v) is 13.1. The van der Waals surface area contributed by atoms with E-state index in [1.54, 1.807) is 33.0 Å². The molecule has 2 fully saturated rings. The number of carbonyl (C=O) groups excluding carboxylic acids is 3. The van der Waals surface area contributed by atoms with Crippen LogP contribution in [-0.4, -0.2) is 58.8 Å². The maximum Gasteiger partial charge on any atom is 0.411 e. The molecule has 4 atom stereocenters. The Morgan fingerprint density at radius 3 is 2.42 bits per heavy atom. The minimum atomic E-state index is -0.747. The molecule has 0 bridgehead atoms. The second kappa shape index (κ2) is 13.8. The molecule has 4 rings (SSSR count). The zero-order valence-corrected chi connectivity index (χ0v) is 23.3. The van der Waals surface area contributed by atoms with Gasteiger partial charge >= 0.3 is 12.1 Å². The fourth-order valence-corrected chi connectivity index (χ4v) is 4.02. The van der Waals surface area contributed by atoms with Gasteiger partial charge in [0.1, 0.15) is 23.5 Å². The van der Waals surface area contributed by atoms with Gasteiger partial charge in [0.05, 0.1) is 24.6 Å². The molecule has 1 saturated heterocycles. The number of nitrogens with zero attached hydrogens (tertiary/aromatic N) is 2. The number of rotatable bonds is 6. The number of aromatic nitrogens is 1. The van der Waals surface area contributed by atoms with Gasteiger partial charge in [-0.05, 0) is 58.2 Å². The molecular formula is C29H41N3O6. The van der Waals surface area contributed by atoms with Crippen molar-refractivity contribution in [1.82, 2.24) is 9.88 Å². The quantitative estimate of drug-likeness (QED) is 0.420. The molecule has 1 aromatic heterocycles. The lowest BCUT2D eigenvalue weighted by Gasteiger charge is -2.27. The van der Waals surface area contributed by atoms with E-state index in [1.165, 1.54) is 4.90 Å². The molecule has 9 heteroatoms. The molecule has 2 heterocycles. The van der Waals surface area contributed by atoms with Crippen LogP contribution in [0.5, 0.6) is 5.75 Å². The average Bonchev–Trinajstić information content (AvgIpc) is 3.55. The van der Waals surface area contributed by atoms with Crippen LogP contribution in [0.2, 0.25) is 0 Å². The van der Waals surface area contributed by atoms with Crippen LogP contribution in [0.4, 0.5) is 4.79 Å². The summed E-state index contributed by atoms with van der Waals surface area (Å²) in [6.07, 6.45) is 3.83. The highest BCUT2D eigenvalue weighted by molar-refractivity contribution is 5.86. The number of carbonyl (C=O) groups is 3. The van der Waals surface area contributed by atoms with Crippen LogP contribution in [0.1, 0.15) is 54.4 Å². The summed E-state index contributed by atoms with van der Waals surface area (Å²) in [5.74, 6) is 0.542. The van der Waals surface area contributed by atoms with E-state index in [-0.39, 0.29) is 24.5 Å². The molecule has 9 nitrogen and oxygen atoms in total. The van der Waals surface area contributed by atoms with E-state index in [9.17, 15) is 14.4 Å². The number of hydrogen-bond donors (Lipinski definition) is 1. The Balaban J connectivity index is 0.000000353. The fraction of sp³-hybridized carbons (Fsp3) is 0.517. The minimum Gasteiger partial charge on any atom is -0.488 e. The highest BCUT2D eigenvalue weighted by Gasteiger charge is 2.42. The summed E-state index contributed by atoms with van der Waals surface area (Å²) in [6, 6.07) is 8.66. The smallest absolute Gasteiger partial charge is 0.411 e. The number of esters is 1. The first kappa shape index (κ1) is 30.6. The van der Waals surface area contributed by atoms with Gasteiger partial charge in [-0.1, -0.05) is 32.1 Å². The molecule has 2 amide bonds. The number of amides is 2. The van der Waals surface area contributed by atoms with E-state index in [2.05, 4.69) is 11.6 Å². The molecule has 2 aliphatic rings. The van der Waals surface area contributed by atoms with Crippen LogP contribution < -0.4 is 10.5 Å². The van der Waals surface area contributed by atoms with E-state index in [4.69, 9.17) is 19.9 Å². The summed E-state index contributed by atoms with van der Waals surface area (Å²) < 4.78 is 16.3. The maximum absolute atomic E-state index is 12.4. The number of allylic oxidation sites excluding steroid dienone is 1. The summed E-state index contributed by atoms with van der Waals surface area (Å²) in [5.41, 5.74) is 5.65. The number of ether oxygens (including phenoxy) is 3. The number of fused-ring (bicyclic) bond motifs is 1. The van der Waals surface area contributed by atoms with Gasteiger partial charge in [-0.3, -0.25) is 19.5 Å². The van der Waals surface area contributed by atoms with Gasteiger partial charge in [-0.15, -0.1) is 6.58 Å². The number of para-hydroxylation sites is 1. The third-order valence-electron chi connectivity index (χ3n) is 5.85. The van der Waals surface area contributed by atoms with Gasteiger partial charge in [0, 0.05) is 18.0 Å². The largest absolute Gasteiger partial charge is 0.488 e. The zero-order chi connectivity index (χ0) is 28.5. The molecule has 38 heavy (non-hydrogen) atoms. The van der Waals surface area contributed by atoms with Gasteiger partial charge in [0.2, 0.25) is 5.91 Å². The number of likely N-dealkylation sites (tertiary alicyclic amines) is 1. The molecular weight excluding hydrogens is 486 g/mol. The fourth-order valence-electron chi connectivity index (χ4n) is 4.02. The Morgan fingerprint density at radius 1 is 1.16 bits per heavy atom. The molecule has 0 radical (unpaired) electrons. The zero-order valence-electron chi connectivity index (χ0n) is 23.3. The standard InChI is InChI=1S/C19H23N3O4.C8H12O2.C2H6/c1-19(2,3)26-18(24)22-11-12(10-15(22)17(20)23)25-16-8-9-21-14-7-5-4-6-13(14)16;1-3-6-5-7(6)8(9)10-4-2;1-2/h4-9,12,15H,10-11H2,1-3H3,(H2,20,23);3,6-7H,1,4-5H2,2H3;1-2H3/t12-,15+;;/m1../s1. The Labute approximate surface area is 225 Å². The predicted molar refractivity (Wildman–Crippen MR) is 146 cm³/mol. The van der Waals surface area contributed by atoms with Crippen LogP contribution in [0.25, 0.3) is 10.9 Å². The maximum atomic E-state index is 12.4. The van der Waals surface area contributed by atoms with Crippen molar-refractivity contribution < 1.29 is 28.6 Å². The van der Waals surface area contributed by atoms with E-state index in [0.717, 1.165) is 17.3 Å². The SMILES string of the molecule is C=CC1CC1C(=O)OCC.CC.CC(C)(C)OC(=O)N1C[C@H](Oc2ccnc3ccccc23)C[C@H]1C(N)=O. The van der Waals surface area contributed by atoms with E-state index in [0.29, 0.717) is 24.7 Å². The van der Waals surface area contributed by atoms with Gasteiger partial charge in [-0.2, -0.15) is 0 Å². The molecule has 2 N–H and O–H groups in total. The van der Waals surface area contributed by atoms with Crippen LogP contribution >= 0.6 is 0 Å². The summed E-state index contributed by atoms with van der Waals surface area (Å²) in [7, 11) is 0. The Hall–Kier alpha value is -3.62. The number of nitrogens with two attached hydrogens (primary N) is 1. The number of pyridine rings is 1. The van der Waals surface area contributed by atoms with Gasteiger partial charge < -0.3 is 19.9 Å². The predicted octanol–water partition coefficient (Wildman–Crippen LogP) is 4.87. The van der Waals surface area contributed by atoms with Crippen LogP contribution in [0.15, 0.2) is 49.2 Å². The first-order chi connectivity index (χ1) is 18.0. The van der Waals surface area contributed by atoms with Gasteiger partial charge in [-0.25, -0.2) is 4.79 Å². The van der Waals surface area contributed by atoms with Crippen LogP contribution in [0, 0.1) is 11.8 Å². The van der Waals surface area contributed by atoms with Crippen molar-refractivity contribution in [3.8, 4) is 5.75 Å². The van der Waals surface area contributed by atoms with Crippen molar-refractivity contribution in [2.75, 3.05) is 13.2 Å². The van der Waals surface area contributed by atoms with Crippen molar-refractivity contribution in [1.29, 1.82) is 0 Å².